The van der Waals surface area contributed by atoms with E-state index in [0.717, 1.165) is 59.7 Å². The highest BCUT2D eigenvalue weighted by Crippen LogP contribution is 2.36. The molecule has 0 N–H and O–H groups in total. The Labute approximate surface area is 194 Å². The molecule has 7 heteroatoms. The highest BCUT2D eigenvalue weighted by Gasteiger charge is 2.19. The number of ether oxygens (including phenoxy) is 2. The van der Waals surface area contributed by atoms with Gasteiger partial charge < -0.3 is 14.4 Å². The molecule has 1 saturated carbocycles. The molecule has 1 amide bonds. The summed E-state index contributed by atoms with van der Waals surface area (Å²) in [6.45, 7) is 5.00. The van der Waals surface area contributed by atoms with Crippen molar-refractivity contribution in [3.63, 3.8) is 0 Å². The van der Waals surface area contributed by atoms with Crippen LogP contribution in [0.3, 0.4) is 0 Å². The van der Waals surface area contributed by atoms with Crippen molar-refractivity contribution in [2.24, 2.45) is 0 Å². The molecule has 2 aromatic rings. The molecule has 0 atom stereocenters. The Bertz CT molecular complexity index is 865. The third kappa shape index (κ3) is 6.84. The highest BCUT2D eigenvalue weighted by molar-refractivity contribution is 7.19. The number of aromatic nitrogens is 1. The monoisotopic (exact) mass is 464 g/mol. The van der Waals surface area contributed by atoms with Crippen LogP contribution in [0, 0.1) is 6.92 Å². The first kappa shape index (κ1) is 23.9. The summed E-state index contributed by atoms with van der Waals surface area (Å²) in [6, 6.07) is 5.82. The van der Waals surface area contributed by atoms with Gasteiger partial charge in [-0.1, -0.05) is 37.8 Å². The van der Waals surface area contributed by atoms with E-state index >= 15 is 0 Å². The molecule has 0 saturated heterocycles. The van der Waals surface area contributed by atoms with E-state index in [-0.39, 0.29) is 12.7 Å². The molecular formula is C24H33ClN2O3S. The van der Waals surface area contributed by atoms with Crippen LogP contribution in [0.15, 0.2) is 18.2 Å². The molecule has 0 spiro atoms. The maximum Gasteiger partial charge on any atom is 0.409 e. The SMILES string of the molecule is CCCCCN(C)C(=O)OCc1cc(Cl)sc1-c1ccc(OC2CCCCC2)c(C)n1. The first-order valence-electron chi connectivity index (χ1n) is 11.3. The van der Waals surface area contributed by atoms with Crippen molar-refractivity contribution in [1.82, 2.24) is 9.88 Å². The van der Waals surface area contributed by atoms with Gasteiger partial charge in [-0.15, -0.1) is 11.3 Å². The lowest BCUT2D eigenvalue weighted by atomic mass is 9.98. The fourth-order valence-electron chi connectivity index (χ4n) is 3.82. The van der Waals surface area contributed by atoms with Crippen molar-refractivity contribution in [3.8, 4) is 16.3 Å². The quantitative estimate of drug-likeness (QED) is 0.367. The molecule has 0 radical (unpaired) electrons. The topological polar surface area (TPSA) is 51.7 Å². The van der Waals surface area contributed by atoms with E-state index in [1.165, 1.54) is 30.6 Å². The van der Waals surface area contributed by atoms with Crippen molar-refractivity contribution in [2.45, 2.75) is 77.9 Å². The average molecular weight is 465 g/mol. The van der Waals surface area contributed by atoms with E-state index in [1.807, 2.05) is 25.1 Å². The number of pyridine rings is 1. The fourth-order valence-corrected chi connectivity index (χ4v) is 5.05. The van der Waals surface area contributed by atoms with Gasteiger partial charge in [0.2, 0.25) is 0 Å². The minimum Gasteiger partial charge on any atom is -0.489 e. The molecule has 5 nitrogen and oxygen atoms in total. The number of nitrogens with zero attached hydrogens (tertiary/aromatic N) is 2. The minimum absolute atomic E-state index is 0.177. The van der Waals surface area contributed by atoms with Crippen LogP contribution >= 0.6 is 22.9 Å². The summed E-state index contributed by atoms with van der Waals surface area (Å²) in [6.07, 6.45) is 9.19. The number of hydrogen-bond donors (Lipinski definition) is 0. The number of rotatable bonds is 9. The van der Waals surface area contributed by atoms with Gasteiger partial charge in [0.05, 0.1) is 26.7 Å². The van der Waals surface area contributed by atoms with E-state index in [0.29, 0.717) is 17.0 Å². The first-order valence-corrected chi connectivity index (χ1v) is 12.5. The lowest BCUT2D eigenvalue weighted by Gasteiger charge is -2.23. The van der Waals surface area contributed by atoms with Crippen molar-refractivity contribution < 1.29 is 14.3 Å². The number of unbranched alkanes of at least 4 members (excludes halogenated alkanes) is 2. The number of amides is 1. The number of carbonyl (C=O) groups is 1. The molecule has 0 bridgehead atoms. The molecule has 0 aliphatic heterocycles. The first-order chi connectivity index (χ1) is 15.0. The number of hydrogen-bond acceptors (Lipinski definition) is 5. The van der Waals surface area contributed by atoms with Gasteiger partial charge in [0, 0.05) is 19.2 Å². The van der Waals surface area contributed by atoms with Crippen LogP contribution in [0.1, 0.15) is 69.5 Å². The Morgan fingerprint density at radius 3 is 2.74 bits per heavy atom. The van der Waals surface area contributed by atoms with Crippen LogP contribution in [-0.2, 0) is 11.3 Å². The summed E-state index contributed by atoms with van der Waals surface area (Å²) >= 11 is 7.74. The fraction of sp³-hybridized carbons (Fsp3) is 0.583. The van der Waals surface area contributed by atoms with E-state index in [4.69, 9.17) is 26.1 Å². The molecule has 3 rings (SSSR count). The van der Waals surface area contributed by atoms with E-state index < -0.39 is 0 Å². The standard InChI is InChI=1S/C24H33ClN2O3S/c1-4-5-9-14-27(3)24(28)29-16-18-15-22(25)31-23(18)20-12-13-21(17(2)26-20)30-19-10-7-6-8-11-19/h12-13,15,19H,4-11,14,16H2,1-3H3. The Kier molecular flexibility index (Phi) is 9.02. The second-order valence-corrected chi connectivity index (χ2v) is 9.93. The van der Waals surface area contributed by atoms with E-state index in [2.05, 4.69) is 6.92 Å². The smallest absolute Gasteiger partial charge is 0.409 e. The molecule has 31 heavy (non-hydrogen) atoms. The normalized spacial score (nSPS) is 14.5. The maximum atomic E-state index is 12.3. The Morgan fingerprint density at radius 2 is 2.03 bits per heavy atom. The van der Waals surface area contributed by atoms with Crippen LogP contribution in [0.25, 0.3) is 10.6 Å². The van der Waals surface area contributed by atoms with Gasteiger partial charge in [-0.2, -0.15) is 0 Å². The van der Waals surface area contributed by atoms with Crippen molar-refractivity contribution in [3.05, 3.63) is 33.8 Å². The molecule has 2 aromatic heterocycles. The predicted octanol–water partition coefficient (Wildman–Crippen LogP) is 7.24. The average Bonchev–Trinajstić information content (AvgIpc) is 3.14. The summed E-state index contributed by atoms with van der Waals surface area (Å²) in [5.41, 5.74) is 2.57. The molecule has 0 unspecified atom stereocenters. The van der Waals surface area contributed by atoms with Crippen molar-refractivity contribution >= 4 is 29.0 Å². The molecular weight excluding hydrogens is 432 g/mol. The van der Waals surface area contributed by atoms with Crippen LogP contribution < -0.4 is 4.74 Å². The largest absolute Gasteiger partial charge is 0.489 e. The van der Waals surface area contributed by atoms with E-state index in [1.54, 1.807) is 11.9 Å². The van der Waals surface area contributed by atoms with Gasteiger partial charge in [-0.3, -0.25) is 0 Å². The van der Waals surface area contributed by atoms with Gasteiger partial charge in [-0.05, 0) is 57.2 Å². The molecule has 1 aliphatic carbocycles. The molecule has 0 aromatic carbocycles. The van der Waals surface area contributed by atoms with Crippen LogP contribution in [-0.4, -0.2) is 35.7 Å². The third-order valence-electron chi connectivity index (χ3n) is 5.65. The number of carbonyl (C=O) groups excluding carboxylic acids is 1. The summed E-state index contributed by atoms with van der Waals surface area (Å²) in [5, 5.41) is 0. The van der Waals surface area contributed by atoms with Gasteiger partial charge >= 0.3 is 6.09 Å². The van der Waals surface area contributed by atoms with Crippen molar-refractivity contribution in [1.29, 1.82) is 0 Å². The highest BCUT2D eigenvalue weighted by atomic mass is 35.5. The van der Waals surface area contributed by atoms with Crippen LogP contribution in [0.2, 0.25) is 4.34 Å². The van der Waals surface area contributed by atoms with Crippen molar-refractivity contribution in [2.75, 3.05) is 13.6 Å². The second kappa shape index (κ2) is 11.7. The Balaban J connectivity index is 1.65. The summed E-state index contributed by atoms with van der Waals surface area (Å²) < 4.78 is 12.4. The summed E-state index contributed by atoms with van der Waals surface area (Å²) in [4.78, 5) is 19.6. The maximum absolute atomic E-state index is 12.3. The number of aryl methyl sites for hydroxylation is 1. The number of halogens is 1. The summed E-state index contributed by atoms with van der Waals surface area (Å²) in [7, 11) is 1.77. The zero-order valence-electron chi connectivity index (χ0n) is 18.8. The summed E-state index contributed by atoms with van der Waals surface area (Å²) in [5.74, 6) is 0.847. The van der Waals surface area contributed by atoms with Gasteiger partial charge in [0.25, 0.3) is 0 Å². The molecule has 2 heterocycles. The lowest BCUT2D eigenvalue weighted by Crippen LogP contribution is -2.28. The van der Waals surface area contributed by atoms with E-state index in [9.17, 15) is 4.79 Å². The molecule has 170 valence electrons. The zero-order valence-corrected chi connectivity index (χ0v) is 20.4. The predicted molar refractivity (Wildman–Crippen MR) is 127 cm³/mol. The van der Waals surface area contributed by atoms with Crippen LogP contribution in [0.5, 0.6) is 5.75 Å². The van der Waals surface area contributed by atoms with Gasteiger partial charge in [-0.25, -0.2) is 9.78 Å². The molecule has 1 aliphatic rings. The molecule has 1 fully saturated rings. The van der Waals surface area contributed by atoms with Gasteiger partial charge in [0.15, 0.2) is 0 Å². The van der Waals surface area contributed by atoms with Gasteiger partial charge in [0.1, 0.15) is 12.4 Å². The Morgan fingerprint density at radius 1 is 1.26 bits per heavy atom. The second-order valence-electron chi connectivity index (χ2n) is 8.25. The zero-order chi connectivity index (χ0) is 22.2. The minimum atomic E-state index is -0.315. The third-order valence-corrected chi connectivity index (χ3v) is 6.98. The number of thiophene rings is 1. The Hall–Kier alpha value is -1.79. The lowest BCUT2D eigenvalue weighted by molar-refractivity contribution is 0.104. The van der Waals surface area contributed by atoms with Crippen LogP contribution in [0.4, 0.5) is 4.79 Å².